The molecule has 3 aromatic rings. The summed E-state index contributed by atoms with van der Waals surface area (Å²) in [6.07, 6.45) is 9.99. The number of rotatable bonds is 4. The van der Waals surface area contributed by atoms with Gasteiger partial charge in [-0.1, -0.05) is 43.2 Å². The lowest BCUT2D eigenvalue weighted by molar-refractivity contribution is -0.114. The van der Waals surface area contributed by atoms with Crippen molar-refractivity contribution in [2.45, 2.75) is 90.0 Å². The van der Waals surface area contributed by atoms with Crippen molar-refractivity contribution in [3.05, 3.63) is 96.7 Å². The highest BCUT2D eigenvalue weighted by Crippen LogP contribution is 2.68. The summed E-state index contributed by atoms with van der Waals surface area (Å²) in [5, 5.41) is 7.18. The molecule has 0 saturated heterocycles. The van der Waals surface area contributed by atoms with Crippen LogP contribution in [0, 0.1) is 57.8 Å². The molecule has 0 amide bonds. The maximum Gasteiger partial charge on any atom is 0.341 e. The van der Waals surface area contributed by atoms with E-state index in [1.54, 1.807) is 12.1 Å². The Balaban J connectivity index is 1.08. The summed E-state index contributed by atoms with van der Waals surface area (Å²) in [5.41, 5.74) is 8.66. The van der Waals surface area contributed by atoms with Crippen LogP contribution in [0.15, 0.2) is 44.7 Å². The molecule has 1 aromatic heterocycles. The number of allylic oxidation sites excluding steroid dienone is 1. The number of nitrogens with zero attached hydrogens (tertiary/aromatic N) is 3. The minimum Gasteiger partial charge on any atom is -0.422 e. The summed E-state index contributed by atoms with van der Waals surface area (Å²) in [6.45, 7) is 10.1. The molecule has 50 heavy (non-hydrogen) atoms. The standard InChI is InChI=1S/C39H40F4N4O3/c1-19-4-9-25-24-8-6-21-18-39(14-13-38(21,3)26(24)10-12-37(19,25)2)30-23(11-15-45-39)22-7-5-20(17-28(22)50-36(30)49)16-27(48)29-31(40)33(42)35(46-47-44)34(43)32(29)41/h5,7,17,21,24-26,45H,1,4,6,8-16,18H2,2-3H3/t21-,24-,25-,26-,37+,38-,39+/m0/s1. The first-order chi connectivity index (χ1) is 23.8. The second-order valence-corrected chi connectivity index (χ2v) is 16.1. The van der Waals surface area contributed by atoms with Crippen molar-refractivity contribution in [1.29, 1.82) is 0 Å². The van der Waals surface area contributed by atoms with Crippen LogP contribution in [-0.2, 0) is 18.4 Å². The van der Waals surface area contributed by atoms with Crippen molar-refractivity contribution in [1.82, 2.24) is 5.32 Å². The van der Waals surface area contributed by atoms with Gasteiger partial charge in [-0.2, -0.15) is 0 Å². The van der Waals surface area contributed by atoms with Gasteiger partial charge in [0.05, 0.1) is 16.7 Å². The van der Waals surface area contributed by atoms with Crippen LogP contribution in [0.2, 0.25) is 0 Å². The first-order valence-corrected chi connectivity index (χ1v) is 17.8. The Morgan fingerprint density at radius 1 is 1.02 bits per heavy atom. The fourth-order valence-corrected chi connectivity index (χ4v) is 11.5. The fourth-order valence-electron chi connectivity index (χ4n) is 11.5. The zero-order valence-corrected chi connectivity index (χ0v) is 28.3. The molecule has 4 fully saturated rings. The number of hydrogen-bond acceptors (Lipinski definition) is 5. The Kier molecular flexibility index (Phi) is 7.66. The van der Waals surface area contributed by atoms with E-state index in [-0.39, 0.29) is 22.0 Å². The predicted molar refractivity (Wildman–Crippen MR) is 180 cm³/mol. The maximum absolute atomic E-state index is 14.7. The van der Waals surface area contributed by atoms with E-state index in [2.05, 4.69) is 35.8 Å². The van der Waals surface area contributed by atoms with Crippen LogP contribution < -0.4 is 10.9 Å². The van der Waals surface area contributed by atoms with Gasteiger partial charge in [0.2, 0.25) is 0 Å². The van der Waals surface area contributed by atoms with E-state index >= 15 is 0 Å². The van der Waals surface area contributed by atoms with Gasteiger partial charge in [0.1, 0.15) is 11.3 Å². The molecule has 8 rings (SSSR count). The van der Waals surface area contributed by atoms with Crippen LogP contribution in [0.1, 0.15) is 98.7 Å². The van der Waals surface area contributed by atoms with Gasteiger partial charge in [0.25, 0.3) is 0 Å². The van der Waals surface area contributed by atoms with Crippen LogP contribution in [0.25, 0.3) is 21.4 Å². The van der Waals surface area contributed by atoms with Gasteiger partial charge in [-0.05, 0) is 121 Å². The summed E-state index contributed by atoms with van der Waals surface area (Å²) >= 11 is 0. The maximum atomic E-state index is 14.7. The summed E-state index contributed by atoms with van der Waals surface area (Å²) in [5.74, 6) is -6.43. The molecular weight excluding hydrogens is 648 g/mol. The van der Waals surface area contributed by atoms with Gasteiger partial charge >= 0.3 is 5.63 Å². The minimum atomic E-state index is -1.96. The molecule has 2 heterocycles. The van der Waals surface area contributed by atoms with E-state index in [0.29, 0.717) is 30.4 Å². The molecule has 0 bridgehead atoms. The molecule has 2 aromatic carbocycles. The Labute approximate surface area is 287 Å². The lowest BCUT2D eigenvalue weighted by Crippen LogP contribution is -2.60. The molecule has 4 aliphatic carbocycles. The molecular formula is C39H40F4N4O3. The summed E-state index contributed by atoms with van der Waals surface area (Å²) < 4.78 is 64.0. The van der Waals surface area contributed by atoms with E-state index < -0.39 is 57.9 Å². The van der Waals surface area contributed by atoms with Gasteiger partial charge in [-0.3, -0.25) is 4.79 Å². The number of Topliss-reactive ketones (excluding diaryl/α,β-unsaturated/α-hetero) is 1. The Bertz CT molecular complexity index is 2080. The Hall–Kier alpha value is -3.95. The zero-order chi connectivity index (χ0) is 35.3. The monoisotopic (exact) mass is 688 g/mol. The molecule has 4 saturated carbocycles. The van der Waals surface area contributed by atoms with Crippen LogP contribution in [0.3, 0.4) is 0 Å². The summed E-state index contributed by atoms with van der Waals surface area (Å²) in [7, 11) is 0. The number of benzene rings is 2. The highest BCUT2D eigenvalue weighted by atomic mass is 19.2. The van der Waals surface area contributed by atoms with Gasteiger partial charge in [-0.15, -0.1) is 0 Å². The van der Waals surface area contributed by atoms with Crippen LogP contribution >= 0.6 is 0 Å². The Morgan fingerprint density at radius 3 is 2.52 bits per heavy atom. The van der Waals surface area contributed by atoms with E-state index in [4.69, 9.17) is 9.95 Å². The topological polar surface area (TPSA) is 108 Å². The van der Waals surface area contributed by atoms with E-state index in [0.717, 1.165) is 54.9 Å². The quantitative estimate of drug-likeness (QED) is 0.0430. The largest absolute Gasteiger partial charge is 0.422 e. The third kappa shape index (κ3) is 4.61. The fraction of sp³-hybridized carbons (Fsp3) is 0.538. The van der Waals surface area contributed by atoms with Gasteiger partial charge in [0.15, 0.2) is 29.1 Å². The van der Waals surface area contributed by atoms with Gasteiger partial charge in [-0.25, -0.2) is 22.4 Å². The number of halogens is 4. The zero-order valence-electron chi connectivity index (χ0n) is 28.3. The minimum absolute atomic E-state index is 0.214. The number of carbonyl (C=O) groups excluding carboxylic acids is 1. The number of fused-ring (bicyclic) bond motifs is 9. The van der Waals surface area contributed by atoms with E-state index in [9.17, 15) is 27.2 Å². The SMILES string of the molecule is C=C1CC[C@H]2[C@@H]3CC[C@H]4C[C@@]5(CC[C@]4(C)[C@H]3CC[C@]12C)NCCc1c5c(=O)oc2cc(CC(=O)c3c(F)c(F)c(N=[N+]=[N-])c(F)c3F)ccc12. The molecule has 5 aliphatic rings. The van der Waals surface area contributed by atoms with E-state index in [1.165, 1.54) is 37.3 Å². The van der Waals surface area contributed by atoms with Crippen LogP contribution in [-0.4, -0.2) is 12.3 Å². The lowest BCUT2D eigenvalue weighted by atomic mass is 9.43. The average molecular weight is 689 g/mol. The molecule has 0 unspecified atom stereocenters. The number of ketones is 1. The van der Waals surface area contributed by atoms with E-state index in [1.807, 2.05) is 0 Å². The third-order valence-electron chi connectivity index (χ3n) is 14.1. The van der Waals surface area contributed by atoms with Crippen molar-refractivity contribution < 1.29 is 26.8 Å². The summed E-state index contributed by atoms with van der Waals surface area (Å²) in [4.78, 5) is 29.1. The smallest absolute Gasteiger partial charge is 0.341 e. The predicted octanol–water partition coefficient (Wildman–Crippen LogP) is 9.66. The highest BCUT2D eigenvalue weighted by molar-refractivity contribution is 5.99. The first-order valence-electron chi connectivity index (χ1n) is 17.8. The number of nitrogens with one attached hydrogen (secondary N) is 1. The molecule has 262 valence electrons. The molecule has 1 aliphatic heterocycles. The number of carbonyl (C=O) groups is 1. The molecule has 1 N–H and O–H groups in total. The number of hydrogen-bond donors (Lipinski definition) is 1. The van der Waals surface area contributed by atoms with Crippen LogP contribution in [0.5, 0.6) is 0 Å². The van der Waals surface area contributed by atoms with Crippen molar-refractivity contribution >= 4 is 22.4 Å². The average Bonchev–Trinajstić information content (AvgIpc) is 3.40. The Morgan fingerprint density at radius 2 is 1.78 bits per heavy atom. The first kappa shape index (κ1) is 33.2. The number of azide groups is 1. The van der Waals surface area contributed by atoms with Gasteiger partial charge < -0.3 is 9.73 Å². The second kappa shape index (κ2) is 11.5. The third-order valence-corrected chi connectivity index (χ3v) is 14.1. The van der Waals surface area contributed by atoms with Crippen molar-refractivity contribution in [3.8, 4) is 0 Å². The molecule has 11 heteroatoms. The highest BCUT2D eigenvalue weighted by Gasteiger charge is 2.61. The van der Waals surface area contributed by atoms with Crippen molar-refractivity contribution in [3.63, 3.8) is 0 Å². The van der Waals surface area contributed by atoms with Crippen molar-refractivity contribution in [2.75, 3.05) is 6.54 Å². The van der Waals surface area contributed by atoms with Crippen LogP contribution in [0.4, 0.5) is 23.2 Å². The normalized spacial score (nSPS) is 33.0. The molecule has 7 atom stereocenters. The lowest BCUT2D eigenvalue weighted by Gasteiger charge is -2.62. The molecule has 1 spiro atoms. The molecule has 7 nitrogen and oxygen atoms in total. The second-order valence-electron chi connectivity index (χ2n) is 16.1. The van der Waals surface area contributed by atoms with Crippen molar-refractivity contribution in [2.24, 2.45) is 39.6 Å². The summed E-state index contributed by atoms with van der Waals surface area (Å²) in [6, 6.07) is 4.80. The molecule has 0 radical (unpaired) electrons. The van der Waals surface area contributed by atoms with Gasteiger partial charge in [0, 0.05) is 23.3 Å².